The molecular weight excluding hydrogens is 603 g/mol. The Kier molecular flexibility index (Phi) is 12.7. The number of aliphatic imine (C=N–C) groups is 1. The molecule has 4 rings (SSSR count). The molecule has 0 saturated carbocycles. The van der Waals surface area contributed by atoms with Gasteiger partial charge >= 0.3 is 0 Å². The fraction of sp³-hybridized carbons (Fsp3) is 0.579. The van der Waals surface area contributed by atoms with E-state index in [1.165, 1.54) is 43.2 Å². The van der Waals surface area contributed by atoms with E-state index >= 15 is 0 Å². The normalized spacial score (nSPS) is 15.6. The van der Waals surface area contributed by atoms with Gasteiger partial charge in [-0.1, -0.05) is 129 Å². The Balaban J connectivity index is 1.88. The van der Waals surface area contributed by atoms with E-state index in [9.17, 15) is 10.1 Å². The molecule has 2 unspecified atom stereocenters. The van der Waals surface area contributed by atoms with E-state index in [2.05, 4.69) is 76.7 Å². The zero-order valence-corrected chi connectivity index (χ0v) is 30.6. The number of allylic oxidation sites excluding steroid dienone is 2. The van der Waals surface area contributed by atoms with Gasteiger partial charge in [0.05, 0.1) is 0 Å². The third-order valence-corrected chi connectivity index (χ3v) is 9.98. The molecule has 3 heterocycles. The molecule has 2 aromatic heterocycles. The van der Waals surface area contributed by atoms with Gasteiger partial charge in [0, 0.05) is 30.6 Å². The second-order valence-electron chi connectivity index (χ2n) is 14.1. The van der Waals surface area contributed by atoms with Gasteiger partial charge in [0.2, 0.25) is 0 Å². The lowest BCUT2D eigenvalue weighted by Crippen LogP contribution is -2.34. The van der Waals surface area contributed by atoms with Crippen LogP contribution in [0, 0.1) is 28.6 Å². The number of rotatable bonds is 16. The number of carbonyl (C=O) groups excluding carboxylic acids is 1. The summed E-state index contributed by atoms with van der Waals surface area (Å²) in [6, 6.07) is 12.3. The standard InChI is InChI=1S/C38H53N7OS/c1-9-13-18-27(11-3)24-44(25-28(12-4)19-14-10-2)37-42-33(29-20-16-15-17-21-29)35(47-37)41-32-26(5)30(23-39)36(46)45-34(32)40-31(43-45)22-38(6,7)8/h15-17,20-21,27-28H,9-14,18-19,22,24-25H2,1-8H3/b41-32-. The molecule has 1 aliphatic rings. The van der Waals surface area contributed by atoms with Gasteiger partial charge in [-0.3, -0.25) is 4.79 Å². The molecule has 0 N–H and O–H groups in total. The highest BCUT2D eigenvalue weighted by Crippen LogP contribution is 2.42. The highest BCUT2D eigenvalue weighted by molar-refractivity contribution is 7.19. The van der Waals surface area contributed by atoms with Crippen molar-refractivity contribution in [2.75, 3.05) is 18.0 Å². The van der Waals surface area contributed by atoms with Crippen LogP contribution in [0.1, 0.15) is 123 Å². The summed E-state index contributed by atoms with van der Waals surface area (Å²) in [5, 5.41) is 16.3. The second kappa shape index (κ2) is 16.5. The highest BCUT2D eigenvalue weighted by atomic mass is 32.1. The first kappa shape index (κ1) is 36.2. The minimum atomic E-state index is -0.457. The molecule has 3 aromatic rings. The number of fused-ring (bicyclic) bond motifs is 1. The molecule has 1 aromatic carbocycles. The number of carbonyl (C=O) groups is 1. The Labute approximate surface area is 286 Å². The van der Waals surface area contributed by atoms with Crippen molar-refractivity contribution in [3.63, 3.8) is 0 Å². The lowest BCUT2D eigenvalue weighted by atomic mass is 9.92. The van der Waals surface area contributed by atoms with E-state index in [-0.39, 0.29) is 11.0 Å². The van der Waals surface area contributed by atoms with E-state index < -0.39 is 5.91 Å². The summed E-state index contributed by atoms with van der Waals surface area (Å²) in [6.45, 7) is 19.2. The molecule has 0 radical (unpaired) electrons. The molecule has 0 fully saturated rings. The summed E-state index contributed by atoms with van der Waals surface area (Å²) < 4.78 is 1.26. The zero-order valence-electron chi connectivity index (χ0n) is 29.8. The number of hydrogen-bond acceptors (Lipinski definition) is 8. The first-order chi connectivity index (χ1) is 22.5. The Bertz CT molecular complexity index is 1580. The van der Waals surface area contributed by atoms with Crippen molar-refractivity contribution in [3.05, 3.63) is 53.1 Å². The summed E-state index contributed by atoms with van der Waals surface area (Å²) >= 11 is 1.59. The molecule has 0 aliphatic carbocycles. The van der Waals surface area contributed by atoms with Crippen LogP contribution in [0.15, 0.2) is 46.5 Å². The number of hydrogen-bond donors (Lipinski definition) is 0. The summed E-state index contributed by atoms with van der Waals surface area (Å²) in [4.78, 5) is 31.2. The van der Waals surface area contributed by atoms with Crippen LogP contribution in [-0.2, 0) is 6.42 Å². The summed E-state index contributed by atoms with van der Waals surface area (Å²) in [5.41, 5.74) is 2.76. The maximum absolute atomic E-state index is 13.3. The quantitative estimate of drug-likeness (QED) is 0.152. The molecule has 8 nitrogen and oxygen atoms in total. The number of nitrogens with zero attached hydrogens (tertiary/aromatic N) is 7. The van der Waals surface area contributed by atoms with Crippen molar-refractivity contribution in [1.29, 1.82) is 5.26 Å². The number of nitriles is 1. The molecule has 2 atom stereocenters. The lowest BCUT2D eigenvalue weighted by molar-refractivity contribution is 0.0941. The van der Waals surface area contributed by atoms with Crippen molar-refractivity contribution in [1.82, 2.24) is 19.7 Å². The Morgan fingerprint density at radius 1 is 0.979 bits per heavy atom. The van der Waals surface area contributed by atoms with E-state index in [4.69, 9.17) is 15.0 Å². The molecular formula is C38H53N7OS. The molecule has 9 heteroatoms. The molecule has 0 amide bonds. The Morgan fingerprint density at radius 3 is 2.13 bits per heavy atom. The lowest BCUT2D eigenvalue weighted by Gasteiger charge is -2.30. The van der Waals surface area contributed by atoms with Gasteiger partial charge in [-0.2, -0.15) is 9.94 Å². The first-order valence-corrected chi connectivity index (χ1v) is 18.4. The molecule has 0 saturated heterocycles. The van der Waals surface area contributed by atoms with Crippen LogP contribution in [-0.4, -0.2) is 44.5 Å². The monoisotopic (exact) mass is 655 g/mol. The van der Waals surface area contributed by atoms with Gasteiger partial charge in [0.1, 0.15) is 28.0 Å². The number of thiazole rings is 1. The number of benzene rings is 1. The molecule has 47 heavy (non-hydrogen) atoms. The van der Waals surface area contributed by atoms with E-state index in [1.54, 1.807) is 18.3 Å². The molecule has 0 spiro atoms. The highest BCUT2D eigenvalue weighted by Gasteiger charge is 2.33. The second-order valence-corrected chi connectivity index (χ2v) is 15.1. The van der Waals surface area contributed by atoms with Crippen molar-refractivity contribution in [2.45, 2.75) is 113 Å². The molecule has 252 valence electrons. The summed E-state index contributed by atoms with van der Waals surface area (Å²) in [7, 11) is 0. The average molecular weight is 656 g/mol. The third kappa shape index (κ3) is 9.04. The van der Waals surface area contributed by atoms with Crippen molar-refractivity contribution in [3.8, 4) is 17.3 Å². The largest absolute Gasteiger partial charge is 0.347 e. The van der Waals surface area contributed by atoms with Crippen LogP contribution >= 0.6 is 11.3 Å². The zero-order chi connectivity index (χ0) is 34.1. The van der Waals surface area contributed by atoms with Gasteiger partial charge in [-0.25, -0.2) is 15.0 Å². The maximum atomic E-state index is 13.3. The SMILES string of the molecule is CCCCC(CC)CN(CC(CC)CCCC)c1nc(-c2ccccc2)c(/N=C2/C(C)=C(C#N)C(=O)n3nc(CC(C)(C)C)nc32)s1. The van der Waals surface area contributed by atoms with Crippen LogP contribution in [0.2, 0.25) is 0 Å². The molecule has 0 bridgehead atoms. The van der Waals surface area contributed by atoms with Gasteiger partial charge in [0.25, 0.3) is 5.91 Å². The van der Waals surface area contributed by atoms with Crippen molar-refractivity contribution >= 4 is 33.1 Å². The third-order valence-electron chi connectivity index (χ3n) is 8.97. The Morgan fingerprint density at radius 2 is 1.60 bits per heavy atom. The van der Waals surface area contributed by atoms with E-state index in [0.29, 0.717) is 41.2 Å². The molecule has 1 aliphatic heterocycles. The minimum absolute atomic E-state index is 0.0412. The average Bonchev–Trinajstić information content (AvgIpc) is 3.66. The summed E-state index contributed by atoms with van der Waals surface area (Å²) in [6.07, 6.45) is 10.1. The smallest absolute Gasteiger partial charge is 0.291 e. The summed E-state index contributed by atoms with van der Waals surface area (Å²) in [5.74, 6) is 1.67. The van der Waals surface area contributed by atoms with Gasteiger partial charge in [0.15, 0.2) is 16.8 Å². The van der Waals surface area contributed by atoms with Gasteiger partial charge in [-0.15, -0.1) is 5.10 Å². The van der Waals surface area contributed by atoms with Crippen LogP contribution in [0.5, 0.6) is 0 Å². The maximum Gasteiger partial charge on any atom is 0.291 e. The van der Waals surface area contributed by atoms with Crippen LogP contribution in [0.25, 0.3) is 11.3 Å². The number of aromatic nitrogens is 4. The van der Waals surface area contributed by atoms with E-state index in [1.807, 2.05) is 18.2 Å². The fourth-order valence-corrected chi connectivity index (χ4v) is 7.09. The first-order valence-electron chi connectivity index (χ1n) is 17.6. The van der Waals surface area contributed by atoms with Gasteiger partial charge < -0.3 is 4.90 Å². The fourth-order valence-electron chi connectivity index (χ4n) is 6.10. The van der Waals surface area contributed by atoms with Crippen LogP contribution in [0.3, 0.4) is 0 Å². The predicted molar refractivity (Wildman–Crippen MR) is 195 cm³/mol. The topological polar surface area (TPSA) is 100 Å². The number of unbranched alkanes of at least 4 members (excludes halogenated alkanes) is 2. The minimum Gasteiger partial charge on any atom is -0.347 e. The predicted octanol–water partition coefficient (Wildman–Crippen LogP) is 9.84. The van der Waals surface area contributed by atoms with Crippen molar-refractivity contribution < 1.29 is 4.79 Å². The van der Waals surface area contributed by atoms with Crippen LogP contribution in [0.4, 0.5) is 10.1 Å². The number of anilines is 1. The van der Waals surface area contributed by atoms with E-state index in [0.717, 1.165) is 47.3 Å². The van der Waals surface area contributed by atoms with Crippen molar-refractivity contribution in [2.24, 2.45) is 22.2 Å². The van der Waals surface area contributed by atoms with Crippen LogP contribution < -0.4 is 4.90 Å². The van der Waals surface area contributed by atoms with Gasteiger partial charge in [-0.05, 0) is 37.0 Å². The Hall–Kier alpha value is -3.64.